The summed E-state index contributed by atoms with van der Waals surface area (Å²) >= 11 is 3.59. The van der Waals surface area contributed by atoms with Gasteiger partial charge in [-0.1, -0.05) is 101 Å². The summed E-state index contributed by atoms with van der Waals surface area (Å²) in [7, 11) is 0. The van der Waals surface area contributed by atoms with Crippen LogP contribution in [0.1, 0.15) is 0 Å². The van der Waals surface area contributed by atoms with E-state index in [4.69, 9.17) is 4.42 Å². The molecule has 9 rings (SSSR count). The van der Waals surface area contributed by atoms with Gasteiger partial charge in [0.15, 0.2) is 0 Å². The summed E-state index contributed by atoms with van der Waals surface area (Å²) in [6.45, 7) is 0. The highest BCUT2D eigenvalue weighted by atomic mass is 79.9. The van der Waals surface area contributed by atoms with Crippen LogP contribution in [-0.2, 0) is 0 Å². The number of rotatable bonds is 3. The van der Waals surface area contributed by atoms with E-state index in [9.17, 15) is 0 Å². The van der Waals surface area contributed by atoms with Crippen LogP contribution in [0.15, 0.2) is 154 Å². The summed E-state index contributed by atoms with van der Waals surface area (Å²) in [5, 5.41) is 7.18. The van der Waals surface area contributed by atoms with Crippen molar-refractivity contribution in [3.05, 3.63) is 150 Å². The van der Waals surface area contributed by atoms with Crippen LogP contribution >= 0.6 is 15.9 Å². The third kappa shape index (κ3) is 3.86. The normalized spacial score (nSPS) is 11.8. The fraction of sp³-hybridized carbons (Fsp3) is 0. The second-order valence-corrected chi connectivity index (χ2v) is 12.0. The number of furan rings is 1. The van der Waals surface area contributed by atoms with E-state index in [1.165, 1.54) is 60.2 Å². The number of para-hydroxylation sites is 1. The van der Waals surface area contributed by atoms with Gasteiger partial charge in [-0.2, -0.15) is 0 Å². The van der Waals surface area contributed by atoms with Crippen molar-refractivity contribution < 1.29 is 4.42 Å². The average molecular weight is 615 g/mol. The Hall–Kier alpha value is -5.12. The minimum Gasteiger partial charge on any atom is -0.456 e. The number of hydrogen-bond acceptors (Lipinski definition) is 1. The quantitative estimate of drug-likeness (QED) is 0.194. The molecule has 3 heteroatoms. The summed E-state index contributed by atoms with van der Waals surface area (Å²) < 4.78 is 9.76. The molecule has 2 heterocycles. The van der Waals surface area contributed by atoms with Crippen LogP contribution in [0.5, 0.6) is 0 Å². The van der Waals surface area contributed by atoms with E-state index in [1.54, 1.807) is 0 Å². The molecule has 0 spiro atoms. The predicted molar refractivity (Wildman–Crippen MR) is 184 cm³/mol. The van der Waals surface area contributed by atoms with Crippen LogP contribution in [0.25, 0.3) is 82.5 Å². The van der Waals surface area contributed by atoms with Gasteiger partial charge in [0.2, 0.25) is 0 Å². The standard InChI is InChI=1S/C40H24BrNO/c41-30-17-13-26(14-18-30)28-15-19-36-34(22-28)35-24-33-29(16-20-39-40(33)32-11-4-5-12-38(32)43-39)23-37(35)42(36)31-10-6-9-27(21-31)25-7-2-1-3-8-25/h1-24H. The van der Waals surface area contributed by atoms with Crippen LogP contribution in [0, 0.1) is 0 Å². The number of nitrogens with zero attached hydrogens (tertiary/aromatic N) is 1. The maximum absolute atomic E-state index is 6.27. The predicted octanol–water partition coefficient (Wildman–Crippen LogP) is 11.9. The Morgan fingerprint density at radius 2 is 1.16 bits per heavy atom. The fourth-order valence-electron chi connectivity index (χ4n) is 6.62. The van der Waals surface area contributed by atoms with Crippen LogP contribution in [0.4, 0.5) is 0 Å². The smallest absolute Gasteiger partial charge is 0.136 e. The molecule has 0 amide bonds. The van der Waals surface area contributed by atoms with Gasteiger partial charge < -0.3 is 8.98 Å². The van der Waals surface area contributed by atoms with Gasteiger partial charge >= 0.3 is 0 Å². The lowest BCUT2D eigenvalue weighted by molar-refractivity contribution is 0.669. The first-order valence-electron chi connectivity index (χ1n) is 14.5. The Morgan fingerprint density at radius 3 is 2.05 bits per heavy atom. The molecular formula is C40H24BrNO. The minimum absolute atomic E-state index is 0.919. The first-order valence-corrected chi connectivity index (χ1v) is 15.2. The molecule has 7 aromatic carbocycles. The molecule has 0 unspecified atom stereocenters. The first-order chi connectivity index (χ1) is 21.2. The van der Waals surface area contributed by atoms with E-state index < -0.39 is 0 Å². The number of aromatic nitrogens is 1. The second kappa shape index (κ2) is 9.45. The van der Waals surface area contributed by atoms with Crippen molar-refractivity contribution in [1.29, 1.82) is 0 Å². The minimum atomic E-state index is 0.919. The summed E-state index contributed by atoms with van der Waals surface area (Å²) in [6.07, 6.45) is 0. The third-order valence-corrected chi connectivity index (χ3v) is 9.16. The maximum Gasteiger partial charge on any atom is 0.136 e. The average Bonchev–Trinajstić information content (AvgIpc) is 3.60. The molecule has 0 atom stereocenters. The zero-order valence-electron chi connectivity index (χ0n) is 23.1. The Bertz CT molecular complexity index is 2500. The second-order valence-electron chi connectivity index (χ2n) is 11.1. The molecule has 0 aliphatic heterocycles. The van der Waals surface area contributed by atoms with Crippen molar-refractivity contribution in [2.75, 3.05) is 0 Å². The lowest BCUT2D eigenvalue weighted by atomic mass is 9.99. The van der Waals surface area contributed by atoms with Crippen molar-refractivity contribution in [3.63, 3.8) is 0 Å². The van der Waals surface area contributed by atoms with E-state index in [0.717, 1.165) is 26.7 Å². The molecule has 43 heavy (non-hydrogen) atoms. The molecule has 9 aromatic rings. The van der Waals surface area contributed by atoms with Gasteiger partial charge in [0.05, 0.1) is 11.0 Å². The summed E-state index contributed by atoms with van der Waals surface area (Å²) in [5.41, 5.74) is 10.2. The highest BCUT2D eigenvalue weighted by Crippen LogP contribution is 2.41. The van der Waals surface area contributed by atoms with Gasteiger partial charge in [0.1, 0.15) is 11.2 Å². The van der Waals surface area contributed by atoms with Gasteiger partial charge in [-0.3, -0.25) is 0 Å². The molecule has 0 saturated carbocycles. The van der Waals surface area contributed by atoms with E-state index in [1.807, 2.05) is 6.07 Å². The molecule has 0 aliphatic rings. The zero-order valence-corrected chi connectivity index (χ0v) is 24.7. The number of fused-ring (bicyclic) bond motifs is 8. The van der Waals surface area contributed by atoms with Crippen LogP contribution in [0.3, 0.4) is 0 Å². The Kier molecular flexibility index (Phi) is 5.38. The van der Waals surface area contributed by atoms with E-state index in [0.29, 0.717) is 0 Å². The molecule has 2 nitrogen and oxygen atoms in total. The molecule has 0 radical (unpaired) electrons. The van der Waals surface area contributed by atoms with Gasteiger partial charge in [0, 0.05) is 31.7 Å². The topological polar surface area (TPSA) is 18.1 Å². The van der Waals surface area contributed by atoms with Crippen molar-refractivity contribution in [1.82, 2.24) is 4.57 Å². The number of halogens is 1. The Morgan fingerprint density at radius 1 is 0.442 bits per heavy atom. The summed E-state index contributed by atoms with van der Waals surface area (Å²) in [5.74, 6) is 0. The molecule has 0 aliphatic carbocycles. The Labute approximate surface area is 256 Å². The number of hydrogen-bond donors (Lipinski definition) is 0. The molecule has 0 fully saturated rings. The summed E-state index contributed by atoms with van der Waals surface area (Å²) in [6, 6.07) is 52.2. The van der Waals surface area contributed by atoms with E-state index >= 15 is 0 Å². The van der Waals surface area contributed by atoms with E-state index in [-0.39, 0.29) is 0 Å². The molecule has 2 aromatic heterocycles. The van der Waals surface area contributed by atoms with Gasteiger partial charge in [-0.25, -0.2) is 0 Å². The van der Waals surface area contributed by atoms with Gasteiger partial charge in [0.25, 0.3) is 0 Å². The molecule has 202 valence electrons. The SMILES string of the molecule is Brc1ccc(-c2ccc3c(c2)c2cc4c(ccc5oc6ccccc6c54)cc2n3-c2cccc(-c3ccccc3)c2)cc1. The summed E-state index contributed by atoms with van der Waals surface area (Å²) in [4.78, 5) is 0. The highest BCUT2D eigenvalue weighted by Gasteiger charge is 2.17. The maximum atomic E-state index is 6.27. The molecule has 0 bridgehead atoms. The van der Waals surface area contributed by atoms with Crippen LogP contribution < -0.4 is 0 Å². The van der Waals surface area contributed by atoms with Crippen molar-refractivity contribution in [2.45, 2.75) is 0 Å². The van der Waals surface area contributed by atoms with Crippen molar-refractivity contribution in [2.24, 2.45) is 0 Å². The van der Waals surface area contributed by atoms with Crippen molar-refractivity contribution >= 4 is 70.4 Å². The molecular weight excluding hydrogens is 590 g/mol. The number of benzene rings is 7. The lowest BCUT2D eigenvalue weighted by Crippen LogP contribution is -1.94. The zero-order chi connectivity index (χ0) is 28.5. The van der Waals surface area contributed by atoms with Crippen molar-refractivity contribution in [3.8, 4) is 27.9 Å². The molecule has 0 N–H and O–H groups in total. The van der Waals surface area contributed by atoms with Gasteiger partial charge in [-0.05, 0) is 93.7 Å². The monoisotopic (exact) mass is 613 g/mol. The third-order valence-electron chi connectivity index (χ3n) is 8.63. The largest absolute Gasteiger partial charge is 0.456 e. The van der Waals surface area contributed by atoms with Crippen LogP contribution in [0.2, 0.25) is 0 Å². The Balaban J connectivity index is 1.38. The van der Waals surface area contributed by atoms with Gasteiger partial charge in [-0.15, -0.1) is 0 Å². The molecule has 0 saturated heterocycles. The first kappa shape index (κ1) is 24.5. The van der Waals surface area contributed by atoms with Crippen LogP contribution in [-0.4, -0.2) is 4.57 Å². The van der Waals surface area contributed by atoms with E-state index in [2.05, 4.69) is 160 Å². The highest BCUT2D eigenvalue weighted by molar-refractivity contribution is 9.10. The fourth-order valence-corrected chi connectivity index (χ4v) is 6.88. The lowest BCUT2D eigenvalue weighted by Gasteiger charge is -2.11.